The van der Waals surface area contributed by atoms with Crippen molar-refractivity contribution in [1.29, 1.82) is 0 Å². The van der Waals surface area contributed by atoms with Gasteiger partial charge in [0.15, 0.2) is 0 Å². The smallest absolute Gasteiger partial charge is 0.268 e. The lowest BCUT2D eigenvalue weighted by atomic mass is 10.0. The average Bonchev–Trinajstić information content (AvgIpc) is 3.30. The van der Waals surface area contributed by atoms with E-state index in [-0.39, 0.29) is 23.6 Å². The van der Waals surface area contributed by atoms with Gasteiger partial charge in [-0.1, -0.05) is 43.3 Å². The molecular weight excluding hydrogens is 396 g/mol. The van der Waals surface area contributed by atoms with Gasteiger partial charge in [-0.2, -0.15) is 0 Å². The third-order valence-corrected chi connectivity index (χ3v) is 5.41. The summed E-state index contributed by atoms with van der Waals surface area (Å²) in [7, 11) is 1.62. The molecule has 30 heavy (non-hydrogen) atoms. The molecule has 0 radical (unpaired) electrons. The van der Waals surface area contributed by atoms with E-state index >= 15 is 0 Å². The van der Waals surface area contributed by atoms with Crippen LogP contribution in [0.4, 0.5) is 0 Å². The summed E-state index contributed by atoms with van der Waals surface area (Å²) in [6.45, 7) is 2.00. The largest absolute Gasteiger partial charge is 0.497 e. The molecular formula is C24H24N2O3S. The van der Waals surface area contributed by atoms with Crippen LogP contribution in [0.2, 0.25) is 0 Å². The molecule has 2 N–H and O–H groups in total. The van der Waals surface area contributed by atoms with Crippen LogP contribution in [0.15, 0.2) is 77.8 Å². The van der Waals surface area contributed by atoms with E-state index in [2.05, 4.69) is 10.6 Å². The summed E-state index contributed by atoms with van der Waals surface area (Å²) in [4.78, 5) is 26.6. The van der Waals surface area contributed by atoms with E-state index in [0.29, 0.717) is 12.0 Å². The Morgan fingerprint density at radius 3 is 2.37 bits per heavy atom. The highest BCUT2D eigenvalue weighted by molar-refractivity contribution is 7.10. The molecule has 0 aliphatic rings. The van der Waals surface area contributed by atoms with E-state index in [1.165, 1.54) is 11.3 Å². The fraction of sp³-hybridized carbons (Fsp3) is 0.167. The highest BCUT2D eigenvalue weighted by Gasteiger charge is 2.19. The van der Waals surface area contributed by atoms with Crippen molar-refractivity contribution in [2.75, 3.05) is 7.11 Å². The van der Waals surface area contributed by atoms with Crippen LogP contribution in [0.3, 0.4) is 0 Å². The standard InChI is InChI=1S/C24H24N2O3S/c1-3-21(17-11-13-19(29-2)14-12-17)25-24(28)22(16-20-10-7-15-30-20)26-23(27)18-8-5-4-6-9-18/h4-16,21H,3H2,1-2H3,(H,25,28)(H,26,27)/b22-16-/t21-/m1/s1. The third-order valence-electron chi connectivity index (χ3n) is 4.59. The molecule has 2 aromatic carbocycles. The Kier molecular flexibility index (Phi) is 7.40. The monoisotopic (exact) mass is 420 g/mol. The van der Waals surface area contributed by atoms with Gasteiger partial charge in [-0.15, -0.1) is 11.3 Å². The van der Waals surface area contributed by atoms with E-state index < -0.39 is 0 Å². The Balaban J connectivity index is 1.81. The first-order valence-electron chi connectivity index (χ1n) is 9.67. The van der Waals surface area contributed by atoms with Gasteiger partial charge in [-0.05, 0) is 53.8 Å². The number of hydrogen-bond acceptors (Lipinski definition) is 4. The minimum Gasteiger partial charge on any atom is -0.497 e. The molecule has 0 saturated carbocycles. The molecule has 3 rings (SSSR count). The Labute approximate surface area is 180 Å². The summed E-state index contributed by atoms with van der Waals surface area (Å²) in [5, 5.41) is 7.72. The van der Waals surface area contributed by atoms with Gasteiger partial charge in [0, 0.05) is 10.4 Å². The van der Waals surface area contributed by atoms with Crippen molar-refractivity contribution >= 4 is 29.2 Å². The molecule has 0 aliphatic carbocycles. The predicted octanol–water partition coefficient (Wildman–Crippen LogP) is 4.80. The zero-order valence-electron chi connectivity index (χ0n) is 16.9. The molecule has 0 saturated heterocycles. The van der Waals surface area contributed by atoms with Crippen LogP contribution in [-0.4, -0.2) is 18.9 Å². The van der Waals surface area contributed by atoms with Crippen molar-refractivity contribution in [3.05, 3.63) is 93.8 Å². The molecule has 3 aromatic rings. The number of carbonyl (C=O) groups is 2. The molecule has 1 aromatic heterocycles. The number of hydrogen-bond donors (Lipinski definition) is 2. The van der Waals surface area contributed by atoms with Crippen molar-refractivity contribution in [1.82, 2.24) is 10.6 Å². The molecule has 0 fully saturated rings. The number of amides is 2. The van der Waals surface area contributed by atoms with Gasteiger partial charge in [0.1, 0.15) is 11.4 Å². The fourth-order valence-corrected chi connectivity index (χ4v) is 3.61. The van der Waals surface area contributed by atoms with Crippen molar-refractivity contribution in [3.8, 4) is 5.75 Å². The Hall–Kier alpha value is -3.38. The molecule has 0 unspecified atom stereocenters. The lowest BCUT2D eigenvalue weighted by molar-refractivity contribution is -0.118. The zero-order valence-corrected chi connectivity index (χ0v) is 17.7. The summed E-state index contributed by atoms with van der Waals surface area (Å²) in [6, 6.07) is 20.0. The van der Waals surface area contributed by atoms with Crippen LogP contribution in [0.1, 0.15) is 40.2 Å². The third kappa shape index (κ3) is 5.58. The Morgan fingerprint density at radius 2 is 1.77 bits per heavy atom. The molecule has 2 amide bonds. The molecule has 154 valence electrons. The van der Waals surface area contributed by atoms with Gasteiger partial charge in [-0.3, -0.25) is 9.59 Å². The quantitative estimate of drug-likeness (QED) is 0.515. The normalized spacial score (nSPS) is 12.1. The fourth-order valence-electron chi connectivity index (χ4n) is 2.95. The van der Waals surface area contributed by atoms with Crippen LogP contribution >= 0.6 is 11.3 Å². The average molecular weight is 421 g/mol. The van der Waals surface area contributed by atoms with E-state index in [9.17, 15) is 9.59 Å². The van der Waals surface area contributed by atoms with Crippen molar-refractivity contribution in [3.63, 3.8) is 0 Å². The number of carbonyl (C=O) groups excluding carboxylic acids is 2. The van der Waals surface area contributed by atoms with Gasteiger partial charge in [-0.25, -0.2) is 0 Å². The Morgan fingerprint density at radius 1 is 1.03 bits per heavy atom. The second-order valence-corrected chi connectivity index (χ2v) is 7.58. The summed E-state index contributed by atoms with van der Waals surface area (Å²) in [5.74, 6) is 0.0923. The Bertz CT molecular complexity index is 997. The van der Waals surface area contributed by atoms with Gasteiger partial charge in [0.2, 0.25) is 0 Å². The predicted molar refractivity (Wildman–Crippen MR) is 120 cm³/mol. The van der Waals surface area contributed by atoms with Crippen LogP contribution in [-0.2, 0) is 4.79 Å². The number of nitrogens with one attached hydrogen (secondary N) is 2. The highest BCUT2D eigenvalue weighted by atomic mass is 32.1. The summed E-state index contributed by atoms with van der Waals surface area (Å²) in [5.41, 5.74) is 1.67. The second kappa shape index (κ2) is 10.4. The molecule has 1 atom stereocenters. The van der Waals surface area contributed by atoms with E-state index in [1.54, 1.807) is 37.5 Å². The number of rotatable bonds is 8. The first kappa shape index (κ1) is 21.3. The minimum absolute atomic E-state index is 0.191. The van der Waals surface area contributed by atoms with Crippen LogP contribution in [0.25, 0.3) is 6.08 Å². The summed E-state index contributed by atoms with van der Waals surface area (Å²) < 4.78 is 5.20. The van der Waals surface area contributed by atoms with Crippen LogP contribution in [0, 0.1) is 0 Å². The molecule has 1 heterocycles. The lowest BCUT2D eigenvalue weighted by Crippen LogP contribution is -2.36. The van der Waals surface area contributed by atoms with Crippen molar-refractivity contribution < 1.29 is 14.3 Å². The van der Waals surface area contributed by atoms with E-state index in [4.69, 9.17) is 4.74 Å². The summed E-state index contributed by atoms with van der Waals surface area (Å²) in [6.07, 6.45) is 2.40. The van der Waals surface area contributed by atoms with Gasteiger partial charge in [0.05, 0.1) is 13.2 Å². The lowest BCUT2D eigenvalue weighted by Gasteiger charge is -2.19. The SMILES string of the molecule is CC[C@@H](NC(=O)/C(=C/c1cccs1)NC(=O)c1ccccc1)c1ccc(OC)cc1. The number of methoxy groups -OCH3 is 1. The van der Waals surface area contributed by atoms with Crippen molar-refractivity contribution in [2.45, 2.75) is 19.4 Å². The maximum absolute atomic E-state index is 13.1. The number of thiophene rings is 1. The van der Waals surface area contributed by atoms with E-state index in [1.807, 2.05) is 54.8 Å². The van der Waals surface area contributed by atoms with Crippen LogP contribution in [0.5, 0.6) is 5.75 Å². The summed E-state index contributed by atoms with van der Waals surface area (Å²) >= 11 is 1.50. The first-order valence-corrected chi connectivity index (χ1v) is 10.5. The maximum atomic E-state index is 13.1. The molecule has 5 nitrogen and oxygen atoms in total. The molecule has 0 aliphatic heterocycles. The number of ether oxygens (including phenoxy) is 1. The van der Waals surface area contributed by atoms with E-state index in [0.717, 1.165) is 16.2 Å². The van der Waals surface area contributed by atoms with Gasteiger partial charge in [0.25, 0.3) is 11.8 Å². The van der Waals surface area contributed by atoms with Crippen molar-refractivity contribution in [2.24, 2.45) is 0 Å². The van der Waals surface area contributed by atoms with Crippen LogP contribution < -0.4 is 15.4 Å². The molecule has 0 spiro atoms. The number of benzene rings is 2. The first-order chi connectivity index (χ1) is 14.6. The van der Waals surface area contributed by atoms with Gasteiger partial charge < -0.3 is 15.4 Å². The zero-order chi connectivity index (χ0) is 21.3. The topological polar surface area (TPSA) is 67.4 Å². The second-order valence-electron chi connectivity index (χ2n) is 6.60. The minimum atomic E-state index is -0.338. The molecule has 6 heteroatoms. The molecule has 0 bridgehead atoms. The maximum Gasteiger partial charge on any atom is 0.268 e. The highest BCUT2D eigenvalue weighted by Crippen LogP contribution is 2.21. The van der Waals surface area contributed by atoms with Gasteiger partial charge >= 0.3 is 0 Å².